The molecule has 0 aromatic carbocycles. The number of rotatable bonds is 9. The van der Waals surface area contributed by atoms with Crippen LogP contribution in [-0.2, 0) is 24.3 Å². The van der Waals surface area contributed by atoms with Crippen molar-refractivity contribution in [2.24, 2.45) is 5.41 Å². The van der Waals surface area contributed by atoms with E-state index < -0.39 is 33.5 Å². The second-order valence-electron chi connectivity index (χ2n) is 4.83. The van der Waals surface area contributed by atoms with Crippen molar-refractivity contribution in [3.63, 3.8) is 0 Å². The summed E-state index contributed by atoms with van der Waals surface area (Å²) in [6.07, 6.45) is 0.603. The Balaban J connectivity index is 3.79. The number of ether oxygens (including phenoxy) is 2. The smallest absolute Gasteiger partial charge is 0.463 e. The minimum atomic E-state index is -5.34. The Kier molecular flexibility index (Phi) is 7.62. The summed E-state index contributed by atoms with van der Waals surface area (Å²) in [5.41, 5.74) is -5.95. The van der Waals surface area contributed by atoms with Gasteiger partial charge in [-0.1, -0.05) is 6.92 Å². The number of hydrogen-bond acceptors (Lipinski definition) is 5. The predicted octanol–water partition coefficient (Wildman–Crippen LogP) is 1.42. The third kappa shape index (κ3) is 7.09. The highest BCUT2D eigenvalue weighted by Gasteiger charge is 2.45. The summed E-state index contributed by atoms with van der Waals surface area (Å²) >= 11 is 0. The number of nitrogens with one attached hydrogen (secondary N) is 1. The van der Waals surface area contributed by atoms with E-state index >= 15 is 0 Å². The topological polar surface area (TPSA) is 81.7 Å². The maximum atomic E-state index is 11.9. The SMILES string of the molecule is CCC(C)(C)C(=O)OCCOCCNS(=O)(=O)C(F)(F)F. The minimum Gasteiger partial charge on any atom is -0.463 e. The van der Waals surface area contributed by atoms with E-state index in [1.165, 1.54) is 4.72 Å². The van der Waals surface area contributed by atoms with E-state index in [2.05, 4.69) is 0 Å². The van der Waals surface area contributed by atoms with Crippen molar-refractivity contribution in [2.45, 2.75) is 32.7 Å². The number of halogens is 3. The lowest BCUT2D eigenvalue weighted by Crippen LogP contribution is -2.38. The highest BCUT2D eigenvalue weighted by Crippen LogP contribution is 2.21. The summed E-state index contributed by atoms with van der Waals surface area (Å²) in [7, 11) is -5.34. The average molecular weight is 335 g/mol. The maximum Gasteiger partial charge on any atom is 0.511 e. The van der Waals surface area contributed by atoms with E-state index in [-0.39, 0.29) is 19.8 Å². The van der Waals surface area contributed by atoms with Gasteiger partial charge in [-0.25, -0.2) is 13.1 Å². The van der Waals surface area contributed by atoms with Gasteiger partial charge in [0.15, 0.2) is 0 Å². The molecule has 0 atom stereocenters. The molecule has 0 bridgehead atoms. The molecule has 0 aliphatic carbocycles. The lowest BCUT2D eigenvalue weighted by molar-refractivity contribution is -0.155. The first-order valence-corrected chi connectivity index (χ1v) is 7.73. The molecule has 6 nitrogen and oxygen atoms in total. The van der Waals surface area contributed by atoms with Crippen LogP contribution in [0.4, 0.5) is 13.2 Å². The molecule has 0 saturated heterocycles. The molecule has 0 aliphatic rings. The predicted molar refractivity (Wildman–Crippen MR) is 68.8 cm³/mol. The second-order valence-corrected chi connectivity index (χ2v) is 6.59. The molecule has 0 heterocycles. The van der Waals surface area contributed by atoms with E-state index in [0.29, 0.717) is 6.42 Å². The summed E-state index contributed by atoms with van der Waals surface area (Å²) in [6.45, 7) is 4.43. The minimum absolute atomic E-state index is 0.0285. The zero-order valence-corrected chi connectivity index (χ0v) is 12.9. The van der Waals surface area contributed by atoms with Crippen molar-refractivity contribution in [1.82, 2.24) is 4.72 Å². The molecule has 0 radical (unpaired) electrons. The third-order valence-electron chi connectivity index (χ3n) is 2.74. The Labute approximate surface area is 122 Å². The molecule has 0 unspecified atom stereocenters. The Morgan fingerprint density at radius 2 is 1.71 bits per heavy atom. The first-order chi connectivity index (χ1) is 9.44. The van der Waals surface area contributed by atoms with Gasteiger partial charge in [0.05, 0.1) is 18.6 Å². The van der Waals surface area contributed by atoms with Crippen molar-refractivity contribution in [2.75, 3.05) is 26.4 Å². The molecule has 0 saturated carbocycles. The highest BCUT2D eigenvalue weighted by atomic mass is 32.2. The van der Waals surface area contributed by atoms with Gasteiger partial charge in [-0.05, 0) is 20.3 Å². The summed E-state index contributed by atoms with van der Waals surface area (Å²) in [6, 6.07) is 0. The first-order valence-electron chi connectivity index (χ1n) is 6.25. The van der Waals surface area contributed by atoms with E-state index in [1.807, 2.05) is 6.92 Å². The quantitative estimate of drug-likeness (QED) is 0.509. The zero-order valence-electron chi connectivity index (χ0n) is 12.1. The second kappa shape index (κ2) is 7.95. The van der Waals surface area contributed by atoms with Crippen LogP contribution >= 0.6 is 0 Å². The van der Waals surface area contributed by atoms with Gasteiger partial charge in [0.25, 0.3) is 0 Å². The molecule has 0 aromatic heterocycles. The zero-order chi connectivity index (χ0) is 16.7. The standard InChI is InChI=1S/C11H20F3NO5S/c1-4-10(2,3)9(16)20-8-7-19-6-5-15-21(17,18)11(12,13)14/h15H,4-8H2,1-3H3. The van der Waals surface area contributed by atoms with Crippen molar-refractivity contribution in [1.29, 1.82) is 0 Å². The number of alkyl halides is 3. The first kappa shape index (κ1) is 20.1. The molecule has 126 valence electrons. The van der Waals surface area contributed by atoms with Crippen LogP contribution < -0.4 is 4.72 Å². The Bertz CT molecular complexity index is 434. The van der Waals surface area contributed by atoms with Gasteiger partial charge in [-0.3, -0.25) is 4.79 Å². The fraction of sp³-hybridized carbons (Fsp3) is 0.909. The van der Waals surface area contributed by atoms with E-state index in [0.717, 1.165) is 0 Å². The molecule has 0 amide bonds. The molecular formula is C11H20F3NO5S. The normalized spacial score (nSPS) is 13.2. The van der Waals surface area contributed by atoms with Gasteiger partial charge in [0.1, 0.15) is 6.61 Å². The summed E-state index contributed by atoms with van der Waals surface area (Å²) in [5.74, 6) is -0.397. The van der Waals surface area contributed by atoms with Crippen LogP contribution in [0.2, 0.25) is 0 Å². The lowest BCUT2D eigenvalue weighted by atomic mass is 9.91. The van der Waals surface area contributed by atoms with Crippen LogP contribution in [-0.4, -0.2) is 46.3 Å². The molecular weight excluding hydrogens is 315 g/mol. The van der Waals surface area contributed by atoms with Gasteiger partial charge in [0, 0.05) is 6.54 Å². The van der Waals surface area contributed by atoms with E-state index in [1.54, 1.807) is 13.8 Å². The molecule has 0 rings (SSSR count). The van der Waals surface area contributed by atoms with Gasteiger partial charge < -0.3 is 9.47 Å². The third-order valence-corrected chi connectivity index (χ3v) is 3.93. The van der Waals surface area contributed by atoms with Crippen molar-refractivity contribution in [3.05, 3.63) is 0 Å². The van der Waals surface area contributed by atoms with E-state index in [4.69, 9.17) is 9.47 Å². The molecule has 21 heavy (non-hydrogen) atoms. The van der Waals surface area contributed by atoms with Crippen molar-refractivity contribution < 1.29 is 35.9 Å². The fourth-order valence-corrected chi connectivity index (χ4v) is 1.48. The number of sulfonamides is 1. The number of carbonyl (C=O) groups is 1. The highest BCUT2D eigenvalue weighted by molar-refractivity contribution is 7.90. The summed E-state index contributed by atoms with van der Waals surface area (Å²) in [4.78, 5) is 11.5. The van der Waals surface area contributed by atoms with Crippen LogP contribution in [0, 0.1) is 5.41 Å². The monoisotopic (exact) mass is 335 g/mol. The number of esters is 1. The molecule has 10 heteroatoms. The summed E-state index contributed by atoms with van der Waals surface area (Å²) < 4.78 is 68.2. The van der Waals surface area contributed by atoms with Crippen molar-refractivity contribution in [3.8, 4) is 0 Å². The Morgan fingerprint density at radius 1 is 1.14 bits per heavy atom. The Morgan fingerprint density at radius 3 is 2.19 bits per heavy atom. The maximum absolute atomic E-state index is 11.9. The fourth-order valence-electron chi connectivity index (χ4n) is 0.965. The molecule has 0 spiro atoms. The molecule has 0 fully saturated rings. The molecule has 0 aliphatic heterocycles. The van der Waals surface area contributed by atoms with Gasteiger partial charge in [0.2, 0.25) is 0 Å². The van der Waals surface area contributed by atoms with Crippen molar-refractivity contribution >= 4 is 16.0 Å². The lowest BCUT2D eigenvalue weighted by Gasteiger charge is -2.20. The van der Waals surface area contributed by atoms with Crippen LogP contribution in [0.15, 0.2) is 0 Å². The van der Waals surface area contributed by atoms with Crippen LogP contribution in [0.1, 0.15) is 27.2 Å². The van der Waals surface area contributed by atoms with Crippen LogP contribution in [0.5, 0.6) is 0 Å². The average Bonchev–Trinajstić information content (AvgIpc) is 2.35. The molecule has 1 N–H and O–H groups in total. The van der Waals surface area contributed by atoms with Gasteiger partial charge in [-0.15, -0.1) is 0 Å². The van der Waals surface area contributed by atoms with Crippen LogP contribution in [0.3, 0.4) is 0 Å². The largest absolute Gasteiger partial charge is 0.511 e. The van der Waals surface area contributed by atoms with Crippen LogP contribution in [0.25, 0.3) is 0 Å². The Hall–Kier alpha value is -0.870. The van der Waals surface area contributed by atoms with Gasteiger partial charge in [-0.2, -0.15) is 13.2 Å². The van der Waals surface area contributed by atoms with E-state index in [9.17, 15) is 26.4 Å². The molecule has 0 aromatic rings. The summed E-state index contributed by atoms with van der Waals surface area (Å²) in [5, 5.41) is 0. The number of hydrogen-bond donors (Lipinski definition) is 1. The van der Waals surface area contributed by atoms with Gasteiger partial charge >= 0.3 is 21.5 Å². The number of carbonyl (C=O) groups excluding carboxylic acids is 1.